The van der Waals surface area contributed by atoms with E-state index >= 15 is 0 Å². The molecule has 0 aliphatic carbocycles. The van der Waals surface area contributed by atoms with Gasteiger partial charge in [0.05, 0.1) is 24.8 Å². The van der Waals surface area contributed by atoms with E-state index in [4.69, 9.17) is 30.8 Å². The highest BCUT2D eigenvalue weighted by molar-refractivity contribution is 6.30. The summed E-state index contributed by atoms with van der Waals surface area (Å²) in [7, 11) is 1.66. The van der Waals surface area contributed by atoms with Gasteiger partial charge in [0.15, 0.2) is 11.5 Å². The predicted molar refractivity (Wildman–Crippen MR) is 138 cm³/mol. The van der Waals surface area contributed by atoms with Crippen LogP contribution in [0, 0.1) is 0 Å². The smallest absolute Gasteiger partial charge is 0.161 e. The summed E-state index contributed by atoms with van der Waals surface area (Å²) in [6, 6.07) is 21.6. The van der Waals surface area contributed by atoms with Crippen molar-refractivity contribution < 1.29 is 14.2 Å². The molecule has 0 atom stereocenters. The summed E-state index contributed by atoms with van der Waals surface area (Å²) in [6.45, 7) is 3.83. The fourth-order valence-corrected chi connectivity index (χ4v) is 3.95. The number of unbranched alkanes of at least 4 members (excludes halogenated alkanes) is 1. The molecular weight excluding hydrogens is 448 g/mol. The van der Waals surface area contributed by atoms with E-state index < -0.39 is 0 Å². The van der Waals surface area contributed by atoms with Gasteiger partial charge in [-0.25, -0.2) is 4.98 Å². The van der Waals surface area contributed by atoms with Gasteiger partial charge in [0.2, 0.25) is 0 Å². The van der Waals surface area contributed by atoms with Gasteiger partial charge in [0.25, 0.3) is 0 Å². The minimum Gasteiger partial charge on any atom is -0.494 e. The highest BCUT2D eigenvalue weighted by Gasteiger charge is 2.13. The van der Waals surface area contributed by atoms with Gasteiger partial charge in [0, 0.05) is 11.6 Å². The number of benzene rings is 3. The second kappa shape index (κ2) is 11.6. The molecule has 1 heterocycles. The zero-order valence-corrected chi connectivity index (χ0v) is 20.3. The number of ether oxygens (including phenoxy) is 3. The van der Waals surface area contributed by atoms with Crippen molar-refractivity contribution in [2.45, 2.75) is 32.9 Å². The van der Waals surface area contributed by atoms with Crippen LogP contribution in [0.3, 0.4) is 0 Å². The van der Waals surface area contributed by atoms with E-state index in [1.807, 2.05) is 79.7 Å². The molecule has 0 saturated heterocycles. The largest absolute Gasteiger partial charge is 0.494 e. The summed E-state index contributed by atoms with van der Waals surface area (Å²) in [6.07, 6.45) is 5.92. The maximum absolute atomic E-state index is 6.14. The zero-order valence-electron chi connectivity index (χ0n) is 19.5. The molecule has 6 heteroatoms. The van der Waals surface area contributed by atoms with Gasteiger partial charge in [-0.05, 0) is 73.9 Å². The van der Waals surface area contributed by atoms with Gasteiger partial charge >= 0.3 is 0 Å². The van der Waals surface area contributed by atoms with E-state index in [0.717, 1.165) is 47.6 Å². The van der Waals surface area contributed by atoms with Crippen molar-refractivity contribution in [1.29, 1.82) is 0 Å². The van der Waals surface area contributed by atoms with Gasteiger partial charge in [0.1, 0.15) is 18.2 Å². The minimum absolute atomic E-state index is 0.356. The Morgan fingerprint density at radius 3 is 2.56 bits per heavy atom. The number of aryl methyl sites for hydroxylation is 1. The number of allylic oxidation sites excluding steroid dienone is 1. The lowest BCUT2D eigenvalue weighted by Crippen LogP contribution is -2.09. The summed E-state index contributed by atoms with van der Waals surface area (Å²) >= 11 is 5.93. The first-order chi connectivity index (χ1) is 16.7. The van der Waals surface area contributed by atoms with E-state index in [0.29, 0.717) is 29.7 Å². The van der Waals surface area contributed by atoms with Gasteiger partial charge < -0.3 is 18.8 Å². The lowest BCUT2D eigenvalue weighted by atomic mass is 10.2. The Kier molecular flexibility index (Phi) is 8.10. The third-order valence-electron chi connectivity index (χ3n) is 5.50. The Balaban J connectivity index is 1.41. The van der Waals surface area contributed by atoms with Crippen LogP contribution in [0.4, 0.5) is 0 Å². The highest BCUT2D eigenvalue weighted by atomic mass is 35.5. The van der Waals surface area contributed by atoms with Gasteiger partial charge in [-0.1, -0.05) is 42.0 Å². The number of halogens is 1. The summed E-state index contributed by atoms with van der Waals surface area (Å²) in [5.41, 5.74) is 3.14. The number of methoxy groups -OCH3 is 1. The molecule has 176 valence electrons. The van der Waals surface area contributed by atoms with Crippen LogP contribution in [0.2, 0.25) is 5.02 Å². The molecule has 0 unspecified atom stereocenters. The maximum atomic E-state index is 6.14. The Hall–Kier alpha value is -3.44. The van der Waals surface area contributed by atoms with E-state index in [1.54, 1.807) is 7.11 Å². The van der Waals surface area contributed by atoms with Crippen molar-refractivity contribution in [2.75, 3.05) is 13.7 Å². The summed E-state index contributed by atoms with van der Waals surface area (Å²) < 4.78 is 19.7. The zero-order chi connectivity index (χ0) is 23.8. The molecule has 0 aliphatic rings. The number of imidazole rings is 1. The van der Waals surface area contributed by atoms with Gasteiger partial charge in [-0.2, -0.15) is 0 Å². The Morgan fingerprint density at radius 2 is 1.76 bits per heavy atom. The molecule has 0 bridgehead atoms. The first kappa shape index (κ1) is 23.7. The Morgan fingerprint density at radius 1 is 0.941 bits per heavy atom. The van der Waals surface area contributed by atoms with E-state index in [-0.39, 0.29) is 0 Å². The van der Waals surface area contributed by atoms with Crippen molar-refractivity contribution in [3.63, 3.8) is 0 Å². The van der Waals surface area contributed by atoms with Crippen LogP contribution in [-0.4, -0.2) is 23.3 Å². The third kappa shape index (κ3) is 5.91. The van der Waals surface area contributed by atoms with Gasteiger partial charge in [-0.3, -0.25) is 0 Å². The molecule has 1 aromatic heterocycles. The molecule has 0 amide bonds. The Bertz CT molecular complexity index is 1250. The molecule has 4 aromatic rings. The second-order valence-corrected chi connectivity index (χ2v) is 8.31. The number of hydrogen-bond acceptors (Lipinski definition) is 4. The molecule has 0 radical (unpaired) electrons. The molecule has 0 fully saturated rings. The van der Waals surface area contributed by atoms with Crippen molar-refractivity contribution >= 4 is 28.7 Å². The first-order valence-electron chi connectivity index (χ1n) is 11.4. The van der Waals surface area contributed by atoms with E-state index in [1.165, 1.54) is 0 Å². The van der Waals surface area contributed by atoms with Gasteiger partial charge in [-0.15, -0.1) is 0 Å². The minimum atomic E-state index is 0.356. The van der Waals surface area contributed by atoms with Crippen LogP contribution >= 0.6 is 11.6 Å². The first-order valence-corrected chi connectivity index (χ1v) is 11.8. The second-order valence-electron chi connectivity index (χ2n) is 7.88. The molecule has 0 spiro atoms. The van der Waals surface area contributed by atoms with Crippen LogP contribution in [-0.2, 0) is 13.2 Å². The number of para-hydroxylation sites is 2. The maximum Gasteiger partial charge on any atom is 0.161 e. The molecule has 0 saturated carbocycles. The quantitative estimate of drug-likeness (QED) is 0.215. The fraction of sp³-hybridized carbons (Fsp3) is 0.250. The molecule has 4 rings (SSSR count). The molecule has 5 nitrogen and oxygen atoms in total. The molecule has 3 aromatic carbocycles. The van der Waals surface area contributed by atoms with Crippen LogP contribution in [0.15, 0.2) is 72.8 Å². The third-order valence-corrected chi connectivity index (χ3v) is 5.75. The highest BCUT2D eigenvalue weighted by Crippen LogP contribution is 2.30. The molecule has 0 N–H and O–H groups in total. The van der Waals surface area contributed by atoms with E-state index in [2.05, 4.69) is 10.6 Å². The average molecular weight is 477 g/mol. The van der Waals surface area contributed by atoms with Crippen LogP contribution in [0.25, 0.3) is 17.1 Å². The summed E-state index contributed by atoms with van der Waals surface area (Å²) in [5.74, 6) is 3.13. The van der Waals surface area contributed by atoms with Crippen molar-refractivity contribution in [3.8, 4) is 17.2 Å². The SMILES string of the molecule is C/C=C\c1ccc(OCc2nc3ccccc3n2CCCCOc2ccc(Cl)cc2)c(OC)c1. The number of hydrogen-bond donors (Lipinski definition) is 0. The van der Waals surface area contributed by atoms with Crippen LogP contribution < -0.4 is 14.2 Å². The van der Waals surface area contributed by atoms with Crippen molar-refractivity contribution in [3.05, 3.63) is 89.2 Å². The standard InChI is InChI=1S/C28H29ClN2O3/c1-3-8-21-11-16-26(27(19-21)32-2)34-20-28-30-24-9-4-5-10-25(24)31(28)17-6-7-18-33-23-14-12-22(29)13-15-23/h3-5,8-16,19H,6-7,17-18,20H2,1-2H3/b8-3-. The lowest BCUT2D eigenvalue weighted by Gasteiger charge is -2.13. The molecular formula is C28H29ClN2O3. The summed E-state index contributed by atoms with van der Waals surface area (Å²) in [5, 5.41) is 0.709. The molecule has 34 heavy (non-hydrogen) atoms. The topological polar surface area (TPSA) is 45.5 Å². The van der Waals surface area contributed by atoms with Crippen molar-refractivity contribution in [2.24, 2.45) is 0 Å². The monoisotopic (exact) mass is 476 g/mol. The number of rotatable bonds is 11. The fourth-order valence-electron chi connectivity index (χ4n) is 3.82. The van der Waals surface area contributed by atoms with Crippen molar-refractivity contribution in [1.82, 2.24) is 9.55 Å². The molecule has 0 aliphatic heterocycles. The van der Waals surface area contributed by atoms with E-state index in [9.17, 15) is 0 Å². The Labute approximate surface area is 205 Å². The average Bonchev–Trinajstić information content (AvgIpc) is 3.21. The predicted octanol–water partition coefficient (Wildman–Crippen LogP) is 7.17. The van der Waals surface area contributed by atoms with Crippen LogP contribution in [0.5, 0.6) is 17.2 Å². The number of nitrogens with zero attached hydrogens (tertiary/aromatic N) is 2. The number of aromatic nitrogens is 2. The summed E-state index contributed by atoms with van der Waals surface area (Å²) in [4.78, 5) is 4.83. The lowest BCUT2D eigenvalue weighted by molar-refractivity contribution is 0.270. The number of fused-ring (bicyclic) bond motifs is 1. The van der Waals surface area contributed by atoms with Crippen LogP contribution in [0.1, 0.15) is 31.2 Å². The normalized spacial score (nSPS) is 11.3.